The predicted molar refractivity (Wildman–Crippen MR) is 120 cm³/mol. The molecule has 1 atom stereocenters. The first-order valence-electron chi connectivity index (χ1n) is 9.81. The molecule has 0 aliphatic heterocycles. The zero-order chi connectivity index (χ0) is 22.2. The van der Waals surface area contributed by atoms with Crippen molar-refractivity contribution in [3.8, 4) is 6.07 Å². The van der Waals surface area contributed by atoms with Gasteiger partial charge >= 0.3 is 0 Å². The Morgan fingerprint density at radius 2 is 1.74 bits per heavy atom. The van der Waals surface area contributed by atoms with E-state index in [1.807, 2.05) is 36.4 Å². The zero-order valence-electron chi connectivity index (χ0n) is 17.1. The summed E-state index contributed by atoms with van der Waals surface area (Å²) in [6, 6.07) is 24.9. The van der Waals surface area contributed by atoms with E-state index >= 15 is 0 Å². The van der Waals surface area contributed by atoms with Gasteiger partial charge in [-0.15, -0.1) is 0 Å². The molecule has 156 valence electrons. The highest BCUT2D eigenvalue weighted by molar-refractivity contribution is 6.33. The minimum Gasteiger partial charge on any atom is -0.345 e. The fourth-order valence-electron chi connectivity index (χ4n) is 3.25. The molecule has 0 saturated heterocycles. The minimum absolute atomic E-state index is 0.0919. The Hall–Kier alpha value is -3.62. The van der Waals surface area contributed by atoms with Gasteiger partial charge < -0.3 is 10.2 Å². The number of benzene rings is 3. The fourth-order valence-corrected chi connectivity index (χ4v) is 3.47. The molecule has 0 aliphatic carbocycles. The second kappa shape index (κ2) is 10.4. The van der Waals surface area contributed by atoms with E-state index in [1.165, 1.54) is 0 Å². The first kappa shape index (κ1) is 22.1. The predicted octanol–water partition coefficient (Wildman–Crippen LogP) is 4.73. The van der Waals surface area contributed by atoms with Gasteiger partial charge in [0.2, 0.25) is 5.91 Å². The molecular weight excluding hydrogens is 410 g/mol. The molecule has 3 aromatic carbocycles. The van der Waals surface area contributed by atoms with Crippen molar-refractivity contribution in [3.05, 3.63) is 106 Å². The van der Waals surface area contributed by atoms with Crippen LogP contribution in [-0.2, 0) is 11.3 Å². The molecule has 6 heteroatoms. The Bertz CT molecular complexity index is 1110. The van der Waals surface area contributed by atoms with Crippen LogP contribution < -0.4 is 5.32 Å². The van der Waals surface area contributed by atoms with Gasteiger partial charge in [-0.05, 0) is 35.4 Å². The van der Waals surface area contributed by atoms with Gasteiger partial charge in [-0.1, -0.05) is 66.2 Å². The summed E-state index contributed by atoms with van der Waals surface area (Å²) >= 11 is 6.16. The van der Waals surface area contributed by atoms with Crippen LogP contribution in [0.25, 0.3) is 0 Å². The average molecular weight is 432 g/mol. The monoisotopic (exact) mass is 431 g/mol. The molecule has 1 N–H and O–H groups in total. The third kappa shape index (κ3) is 5.94. The second-order valence-corrected chi connectivity index (χ2v) is 7.59. The number of nitrogens with one attached hydrogen (secondary N) is 1. The summed E-state index contributed by atoms with van der Waals surface area (Å²) in [6.45, 7) is 0.369. The van der Waals surface area contributed by atoms with Crippen molar-refractivity contribution in [1.29, 1.82) is 5.26 Å². The number of hydrogen-bond donors (Lipinski definition) is 1. The van der Waals surface area contributed by atoms with E-state index in [0.29, 0.717) is 22.7 Å². The van der Waals surface area contributed by atoms with Crippen molar-refractivity contribution < 1.29 is 9.59 Å². The molecule has 1 unspecified atom stereocenters. The van der Waals surface area contributed by atoms with Gasteiger partial charge in [-0.25, -0.2) is 0 Å². The molecule has 2 amide bonds. The molecule has 0 spiro atoms. The van der Waals surface area contributed by atoms with Gasteiger partial charge in [0.05, 0.1) is 34.7 Å². The molecule has 0 aromatic heterocycles. The van der Waals surface area contributed by atoms with E-state index < -0.39 is 6.04 Å². The van der Waals surface area contributed by atoms with E-state index in [1.54, 1.807) is 54.4 Å². The summed E-state index contributed by atoms with van der Waals surface area (Å²) in [5, 5.41) is 12.4. The van der Waals surface area contributed by atoms with E-state index in [0.717, 1.165) is 11.1 Å². The molecule has 5 nitrogen and oxygen atoms in total. The van der Waals surface area contributed by atoms with E-state index in [-0.39, 0.29) is 18.2 Å². The van der Waals surface area contributed by atoms with Crippen LogP contribution in [0.4, 0.5) is 0 Å². The van der Waals surface area contributed by atoms with E-state index in [4.69, 9.17) is 16.9 Å². The highest BCUT2D eigenvalue weighted by Crippen LogP contribution is 2.21. The Kier molecular flexibility index (Phi) is 7.42. The third-order valence-electron chi connectivity index (χ3n) is 4.91. The van der Waals surface area contributed by atoms with Crippen molar-refractivity contribution in [1.82, 2.24) is 10.2 Å². The Morgan fingerprint density at radius 1 is 1.03 bits per heavy atom. The van der Waals surface area contributed by atoms with Crippen LogP contribution in [0, 0.1) is 11.3 Å². The summed E-state index contributed by atoms with van der Waals surface area (Å²) in [5.74, 6) is -0.465. The normalized spacial score (nSPS) is 11.3. The van der Waals surface area contributed by atoms with Crippen LogP contribution in [0.5, 0.6) is 0 Å². The quantitative estimate of drug-likeness (QED) is 0.587. The first-order chi connectivity index (χ1) is 15.0. The number of halogens is 1. The van der Waals surface area contributed by atoms with Gasteiger partial charge in [0, 0.05) is 13.6 Å². The molecule has 0 saturated carbocycles. The van der Waals surface area contributed by atoms with Gasteiger partial charge in [-0.2, -0.15) is 5.26 Å². The van der Waals surface area contributed by atoms with Gasteiger partial charge in [-0.3, -0.25) is 9.59 Å². The largest absolute Gasteiger partial charge is 0.345 e. The number of amides is 2. The number of rotatable bonds is 7. The lowest BCUT2D eigenvalue weighted by Gasteiger charge is -2.23. The third-order valence-corrected chi connectivity index (χ3v) is 5.24. The topological polar surface area (TPSA) is 73.2 Å². The van der Waals surface area contributed by atoms with Crippen LogP contribution >= 0.6 is 11.6 Å². The van der Waals surface area contributed by atoms with Crippen LogP contribution in [-0.4, -0.2) is 23.8 Å². The van der Waals surface area contributed by atoms with Crippen molar-refractivity contribution in [2.75, 3.05) is 7.05 Å². The molecule has 0 heterocycles. The van der Waals surface area contributed by atoms with Crippen molar-refractivity contribution in [3.63, 3.8) is 0 Å². The summed E-state index contributed by atoms with van der Waals surface area (Å²) in [5.41, 5.74) is 2.61. The number of carbonyl (C=O) groups excluding carboxylic acids is 2. The standard InChI is InChI=1S/C25H22ClN3O2/c1-29(17-19-9-7-8-18(14-19)16-27)24(30)15-23(20-10-3-2-4-11-20)28-25(31)21-12-5-6-13-22(21)26/h2-14,23H,15,17H2,1H3,(H,28,31). The van der Waals surface area contributed by atoms with Crippen molar-refractivity contribution in [2.24, 2.45) is 0 Å². The first-order valence-corrected chi connectivity index (χ1v) is 10.2. The summed E-state index contributed by atoms with van der Waals surface area (Å²) in [6.07, 6.45) is 0.0919. The maximum absolute atomic E-state index is 13.0. The van der Waals surface area contributed by atoms with Gasteiger partial charge in [0.25, 0.3) is 5.91 Å². The molecule has 0 bridgehead atoms. The molecular formula is C25H22ClN3O2. The number of carbonyl (C=O) groups is 2. The highest BCUT2D eigenvalue weighted by atomic mass is 35.5. The molecule has 0 fully saturated rings. The lowest BCUT2D eigenvalue weighted by molar-refractivity contribution is -0.130. The fraction of sp³-hybridized carbons (Fsp3) is 0.160. The Morgan fingerprint density at radius 3 is 2.45 bits per heavy atom. The van der Waals surface area contributed by atoms with Gasteiger partial charge in [0.1, 0.15) is 0 Å². The Labute approximate surface area is 186 Å². The SMILES string of the molecule is CN(Cc1cccc(C#N)c1)C(=O)CC(NC(=O)c1ccccc1Cl)c1ccccc1. The minimum atomic E-state index is -0.509. The van der Waals surface area contributed by atoms with Crippen LogP contribution in [0.15, 0.2) is 78.9 Å². The number of nitriles is 1. The molecule has 0 radical (unpaired) electrons. The highest BCUT2D eigenvalue weighted by Gasteiger charge is 2.22. The lowest BCUT2D eigenvalue weighted by atomic mass is 10.0. The maximum Gasteiger partial charge on any atom is 0.253 e. The van der Waals surface area contributed by atoms with Gasteiger partial charge in [0.15, 0.2) is 0 Å². The van der Waals surface area contributed by atoms with E-state index in [9.17, 15) is 9.59 Å². The number of nitrogens with zero attached hydrogens (tertiary/aromatic N) is 2. The second-order valence-electron chi connectivity index (χ2n) is 7.18. The van der Waals surface area contributed by atoms with Crippen LogP contribution in [0.1, 0.15) is 39.5 Å². The summed E-state index contributed by atoms with van der Waals surface area (Å²) in [4.78, 5) is 27.4. The summed E-state index contributed by atoms with van der Waals surface area (Å²) in [7, 11) is 1.71. The maximum atomic E-state index is 13.0. The average Bonchev–Trinajstić information content (AvgIpc) is 2.79. The lowest BCUT2D eigenvalue weighted by Crippen LogP contribution is -2.34. The van der Waals surface area contributed by atoms with Crippen molar-refractivity contribution >= 4 is 23.4 Å². The smallest absolute Gasteiger partial charge is 0.253 e. The van der Waals surface area contributed by atoms with E-state index in [2.05, 4.69) is 11.4 Å². The summed E-state index contributed by atoms with van der Waals surface area (Å²) < 4.78 is 0. The molecule has 3 aromatic rings. The molecule has 31 heavy (non-hydrogen) atoms. The van der Waals surface area contributed by atoms with Crippen molar-refractivity contribution in [2.45, 2.75) is 19.0 Å². The number of hydrogen-bond acceptors (Lipinski definition) is 3. The van der Waals surface area contributed by atoms with Crippen LogP contribution in [0.3, 0.4) is 0 Å². The van der Waals surface area contributed by atoms with Crippen LogP contribution in [0.2, 0.25) is 5.02 Å². The Balaban J connectivity index is 1.75. The zero-order valence-corrected chi connectivity index (χ0v) is 17.8. The molecule has 3 rings (SSSR count). The molecule has 0 aliphatic rings.